The molecular weight excluding hydrogens is 258 g/mol. The Labute approximate surface area is 117 Å². The van der Waals surface area contributed by atoms with E-state index in [9.17, 15) is 9.59 Å². The highest BCUT2D eigenvalue weighted by atomic mass is 16.4. The number of benzene rings is 1. The SMILES string of the molecule is CNCCCNC(=O)Nc1ccc(C=CC(=O)O)cc1. The lowest BCUT2D eigenvalue weighted by Crippen LogP contribution is -2.30. The molecule has 0 saturated heterocycles. The van der Waals surface area contributed by atoms with Gasteiger partial charge in [0.15, 0.2) is 0 Å². The number of nitrogens with one attached hydrogen (secondary N) is 3. The monoisotopic (exact) mass is 277 g/mol. The smallest absolute Gasteiger partial charge is 0.328 e. The van der Waals surface area contributed by atoms with Gasteiger partial charge in [0, 0.05) is 18.3 Å². The number of amides is 2. The molecule has 0 fully saturated rings. The number of carbonyl (C=O) groups is 2. The highest BCUT2D eigenvalue weighted by Gasteiger charge is 2.00. The summed E-state index contributed by atoms with van der Waals surface area (Å²) in [5.74, 6) is -0.992. The fourth-order valence-electron chi connectivity index (χ4n) is 1.49. The molecule has 0 spiro atoms. The molecule has 0 aromatic heterocycles. The number of urea groups is 1. The van der Waals surface area contributed by atoms with E-state index in [2.05, 4.69) is 16.0 Å². The van der Waals surface area contributed by atoms with Crippen molar-refractivity contribution >= 4 is 23.8 Å². The third kappa shape index (κ3) is 6.55. The van der Waals surface area contributed by atoms with Crippen LogP contribution in [0.4, 0.5) is 10.5 Å². The van der Waals surface area contributed by atoms with Crippen LogP contribution in [0, 0.1) is 0 Å². The van der Waals surface area contributed by atoms with Crippen molar-refractivity contribution in [2.45, 2.75) is 6.42 Å². The van der Waals surface area contributed by atoms with Crippen LogP contribution in [0.3, 0.4) is 0 Å². The molecule has 0 radical (unpaired) electrons. The molecule has 6 nitrogen and oxygen atoms in total. The third-order valence-electron chi connectivity index (χ3n) is 2.48. The molecule has 4 N–H and O–H groups in total. The predicted molar refractivity (Wildman–Crippen MR) is 78.7 cm³/mol. The molecule has 0 aliphatic carbocycles. The number of carboxylic acid groups (broad SMARTS) is 1. The normalized spacial score (nSPS) is 10.4. The van der Waals surface area contributed by atoms with Gasteiger partial charge in [-0.15, -0.1) is 0 Å². The Hall–Kier alpha value is -2.34. The summed E-state index contributed by atoms with van der Waals surface area (Å²) in [6.07, 6.45) is 3.42. The summed E-state index contributed by atoms with van der Waals surface area (Å²) in [5.41, 5.74) is 1.41. The highest BCUT2D eigenvalue weighted by Crippen LogP contribution is 2.10. The van der Waals surface area contributed by atoms with Crippen molar-refractivity contribution in [3.63, 3.8) is 0 Å². The summed E-state index contributed by atoms with van der Waals surface area (Å²) in [7, 11) is 1.86. The van der Waals surface area contributed by atoms with Crippen LogP contribution in [0.15, 0.2) is 30.3 Å². The molecule has 0 aliphatic rings. The van der Waals surface area contributed by atoms with E-state index in [1.165, 1.54) is 6.08 Å². The molecule has 0 aliphatic heterocycles. The summed E-state index contributed by atoms with van der Waals surface area (Å²) in [6.45, 7) is 1.46. The number of hydrogen-bond acceptors (Lipinski definition) is 3. The molecule has 1 aromatic carbocycles. The number of carbonyl (C=O) groups excluding carboxylic acids is 1. The first-order chi connectivity index (χ1) is 9.61. The van der Waals surface area contributed by atoms with Gasteiger partial charge < -0.3 is 21.1 Å². The van der Waals surface area contributed by atoms with Crippen LogP contribution < -0.4 is 16.0 Å². The first kappa shape index (κ1) is 15.7. The maximum absolute atomic E-state index is 11.5. The van der Waals surface area contributed by atoms with Crippen LogP contribution >= 0.6 is 0 Å². The van der Waals surface area contributed by atoms with Crippen LogP contribution in [0.5, 0.6) is 0 Å². The summed E-state index contributed by atoms with van der Waals surface area (Å²) in [6, 6.07) is 6.64. The number of aliphatic carboxylic acids is 1. The molecular formula is C14H19N3O3. The third-order valence-corrected chi connectivity index (χ3v) is 2.48. The van der Waals surface area contributed by atoms with Gasteiger partial charge in [-0.05, 0) is 43.8 Å². The number of anilines is 1. The van der Waals surface area contributed by atoms with E-state index in [0.717, 1.165) is 24.6 Å². The topological polar surface area (TPSA) is 90.5 Å². The lowest BCUT2D eigenvalue weighted by Gasteiger charge is -2.07. The minimum absolute atomic E-state index is 0.255. The Morgan fingerprint density at radius 2 is 1.90 bits per heavy atom. The van der Waals surface area contributed by atoms with Gasteiger partial charge in [-0.2, -0.15) is 0 Å². The first-order valence-electron chi connectivity index (χ1n) is 6.32. The lowest BCUT2D eigenvalue weighted by molar-refractivity contribution is -0.131. The molecule has 6 heteroatoms. The summed E-state index contributed by atoms with van der Waals surface area (Å²) in [5, 5.41) is 16.9. The van der Waals surface area contributed by atoms with E-state index in [-0.39, 0.29) is 6.03 Å². The van der Waals surface area contributed by atoms with Crippen molar-refractivity contribution in [3.8, 4) is 0 Å². The van der Waals surface area contributed by atoms with Crippen LogP contribution in [0.1, 0.15) is 12.0 Å². The molecule has 0 atom stereocenters. The zero-order chi connectivity index (χ0) is 14.8. The molecule has 1 aromatic rings. The molecule has 20 heavy (non-hydrogen) atoms. The van der Waals surface area contributed by atoms with Crippen molar-refractivity contribution < 1.29 is 14.7 Å². The second kappa shape index (κ2) is 8.71. The minimum Gasteiger partial charge on any atom is -0.478 e. The number of rotatable bonds is 7. The zero-order valence-electron chi connectivity index (χ0n) is 11.3. The molecule has 0 heterocycles. The predicted octanol–water partition coefficient (Wildman–Crippen LogP) is 1.52. The van der Waals surface area contributed by atoms with Gasteiger partial charge in [0.25, 0.3) is 0 Å². The van der Waals surface area contributed by atoms with Crippen molar-refractivity contribution in [2.24, 2.45) is 0 Å². The molecule has 108 valence electrons. The van der Waals surface area contributed by atoms with E-state index in [1.54, 1.807) is 24.3 Å². The number of carboxylic acids is 1. The fraction of sp³-hybridized carbons (Fsp3) is 0.286. The second-order valence-electron chi connectivity index (χ2n) is 4.13. The van der Waals surface area contributed by atoms with Gasteiger partial charge in [-0.3, -0.25) is 0 Å². The van der Waals surface area contributed by atoms with Gasteiger partial charge in [-0.1, -0.05) is 12.1 Å². The summed E-state index contributed by atoms with van der Waals surface area (Å²) >= 11 is 0. The Morgan fingerprint density at radius 3 is 2.50 bits per heavy atom. The van der Waals surface area contributed by atoms with Gasteiger partial charge in [0.1, 0.15) is 0 Å². The molecule has 0 saturated carbocycles. The van der Waals surface area contributed by atoms with Crippen molar-refractivity contribution in [2.75, 3.05) is 25.5 Å². The van der Waals surface area contributed by atoms with Crippen LogP contribution in [-0.2, 0) is 4.79 Å². The summed E-state index contributed by atoms with van der Waals surface area (Å²) in [4.78, 5) is 21.9. The quantitative estimate of drug-likeness (QED) is 0.449. The average Bonchev–Trinajstić information content (AvgIpc) is 2.43. The van der Waals surface area contributed by atoms with Gasteiger partial charge in [0.2, 0.25) is 0 Å². The van der Waals surface area contributed by atoms with Gasteiger partial charge in [0.05, 0.1) is 0 Å². The highest BCUT2D eigenvalue weighted by molar-refractivity contribution is 5.89. The molecule has 1 rings (SSSR count). The van der Waals surface area contributed by atoms with Crippen LogP contribution in [0.2, 0.25) is 0 Å². The summed E-state index contributed by atoms with van der Waals surface area (Å²) < 4.78 is 0. The van der Waals surface area contributed by atoms with E-state index < -0.39 is 5.97 Å². The van der Waals surface area contributed by atoms with E-state index in [0.29, 0.717) is 12.2 Å². The molecule has 0 bridgehead atoms. The molecule has 2 amide bonds. The maximum atomic E-state index is 11.5. The zero-order valence-corrected chi connectivity index (χ0v) is 11.3. The Balaban J connectivity index is 2.41. The average molecular weight is 277 g/mol. The van der Waals surface area contributed by atoms with Gasteiger partial charge >= 0.3 is 12.0 Å². The largest absolute Gasteiger partial charge is 0.478 e. The van der Waals surface area contributed by atoms with Crippen molar-refractivity contribution in [1.82, 2.24) is 10.6 Å². The number of hydrogen-bond donors (Lipinski definition) is 4. The van der Waals surface area contributed by atoms with Crippen molar-refractivity contribution in [1.29, 1.82) is 0 Å². The van der Waals surface area contributed by atoms with E-state index in [4.69, 9.17) is 5.11 Å². The Bertz CT molecular complexity index is 469. The first-order valence-corrected chi connectivity index (χ1v) is 6.32. The van der Waals surface area contributed by atoms with E-state index in [1.807, 2.05) is 7.05 Å². The second-order valence-corrected chi connectivity index (χ2v) is 4.13. The fourth-order valence-corrected chi connectivity index (χ4v) is 1.49. The minimum atomic E-state index is -0.992. The van der Waals surface area contributed by atoms with E-state index >= 15 is 0 Å². The molecule has 0 unspecified atom stereocenters. The standard InChI is InChI=1S/C14H19N3O3/c1-15-9-2-10-16-14(20)17-12-6-3-11(4-7-12)5-8-13(18)19/h3-8,15H,2,9-10H2,1H3,(H,18,19)(H2,16,17,20). The van der Waals surface area contributed by atoms with Crippen LogP contribution in [-0.4, -0.2) is 37.2 Å². The van der Waals surface area contributed by atoms with Crippen molar-refractivity contribution in [3.05, 3.63) is 35.9 Å². The lowest BCUT2D eigenvalue weighted by atomic mass is 10.2. The Kier molecular flexibility index (Phi) is 6.84. The van der Waals surface area contributed by atoms with Crippen LogP contribution in [0.25, 0.3) is 6.08 Å². The maximum Gasteiger partial charge on any atom is 0.328 e. The Morgan fingerprint density at radius 1 is 1.20 bits per heavy atom. The van der Waals surface area contributed by atoms with Gasteiger partial charge in [-0.25, -0.2) is 9.59 Å².